The third-order valence-electron chi connectivity index (χ3n) is 2.20. The fourth-order valence-corrected chi connectivity index (χ4v) is 3.61. The third-order valence-corrected chi connectivity index (χ3v) is 4.81. The molecule has 15 heavy (non-hydrogen) atoms. The summed E-state index contributed by atoms with van der Waals surface area (Å²) in [6, 6.07) is 2.16. The lowest BCUT2D eigenvalue weighted by Gasteiger charge is -2.02. The lowest BCUT2D eigenvalue weighted by molar-refractivity contribution is 0.700. The molecule has 0 unspecified atom stereocenters. The molecule has 0 radical (unpaired) electrons. The molecule has 0 fully saturated rings. The zero-order valence-corrected chi connectivity index (χ0v) is 11.6. The van der Waals surface area contributed by atoms with E-state index in [1.54, 1.807) is 22.7 Å². The second-order valence-electron chi connectivity index (χ2n) is 3.41. The molecule has 0 aliphatic carbocycles. The number of nitrogens with one attached hydrogen (secondary N) is 1. The predicted octanol–water partition coefficient (Wildman–Crippen LogP) is 4.17. The van der Waals surface area contributed by atoms with Crippen LogP contribution in [-0.2, 0) is 13.1 Å². The van der Waals surface area contributed by atoms with Crippen LogP contribution in [-0.4, -0.2) is 0 Å². The SMILES string of the molecule is Cc1cscc1CNCc1cc(Br)cs1. The molecule has 0 aromatic carbocycles. The van der Waals surface area contributed by atoms with E-state index in [2.05, 4.69) is 50.4 Å². The van der Waals surface area contributed by atoms with Gasteiger partial charge in [-0.1, -0.05) is 0 Å². The Labute approximate surface area is 106 Å². The molecule has 80 valence electrons. The summed E-state index contributed by atoms with van der Waals surface area (Å²) in [6.45, 7) is 4.08. The van der Waals surface area contributed by atoms with E-state index < -0.39 is 0 Å². The fraction of sp³-hybridized carbons (Fsp3) is 0.273. The molecular formula is C11H12BrNS2. The number of hydrogen-bond donors (Lipinski definition) is 1. The molecule has 2 rings (SSSR count). The summed E-state index contributed by atoms with van der Waals surface area (Å²) in [5.74, 6) is 0. The van der Waals surface area contributed by atoms with Crippen LogP contribution < -0.4 is 5.32 Å². The first kappa shape index (κ1) is 11.3. The molecule has 0 amide bonds. The maximum atomic E-state index is 3.46. The van der Waals surface area contributed by atoms with E-state index in [1.807, 2.05) is 0 Å². The van der Waals surface area contributed by atoms with Crippen LogP contribution in [0.1, 0.15) is 16.0 Å². The van der Waals surface area contributed by atoms with E-state index in [1.165, 1.54) is 20.5 Å². The zero-order chi connectivity index (χ0) is 10.7. The van der Waals surface area contributed by atoms with Crippen molar-refractivity contribution in [2.75, 3.05) is 0 Å². The van der Waals surface area contributed by atoms with E-state index >= 15 is 0 Å². The van der Waals surface area contributed by atoms with Gasteiger partial charge in [-0.3, -0.25) is 0 Å². The molecule has 0 atom stereocenters. The summed E-state index contributed by atoms with van der Waals surface area (Å²) < 4.78 is 1.18. The molecule has 1 nitrogen and oxygen atoms in total. The van der Waals surface area contributed by atoms with Gasteiger partial charge >= 0.3 is 0 Å². The Kier molecular flexibility index (Phi) is 3.97. The van der Waals surface area contributed by atoms with Crippen molar-refractivity contribution in [3.05, 3.63) is 42.7 Å². The standard InChI is InChI=1S/C11H12BrNS2/c1-8-5-14-6-9(8)3-13-4-11-2-10(12)7-15-11/h2,5-7,13H,3-4H2,1H3. The normalized spacial score (nSPS) is 10.8. The van der Waals surface area contributed by atoms with Gasteiger partial charge in [-0.2, -0.15) is 11.3 Å². The van der Waals surface area contributed by atoms with E-state index in [-0.39, 0.29) is 0 Å². The van der Waals surface area contributed by atoms with Gasteiger partial charge in [0.15, 0.2) is 0 Å². The van der Waals surface area contributed by atoms with Crippen LogP contribution in [0, 0.1) is 6.92 Å². The van der Waals surface area contributed by atoms with Gasteiger partial charge in [-0.05, 0) is 50.8 Å². The molecule has 4 heteroatoms. The van der Waals surface area contributed by atoms with E-state index in [9.17, 15) is 0 Å². The highest BCUT2D eigenvalue weighted by atomic mass is 79.9. The Morgan fingerprint density at radius 3 is 2.73 bits per heavy atom. The average Bonchev–Trinajstić information content (AvgIpc) is 2.77. The van der Waals surface area contributed by atoms with E-state index in [0.717, 1.165) is 13.1 Å². The van der Waals surface area contributed by atoms with Crippen molar-refractivity contribution in [3.8, 4) is 0 Å². The highest BCUT2D eigenvalue weighted by molar-refractivity contribution is 9.10. The first-order chi connectivity index (χ1) is 7.25. The summed E-state index contributed by atoms with van der Waals surface area (Å²) in [5, 5.41) is 9.98. The molecule has 2 aromatic heterocycles. The summed E-state index contributed by atoms with van der Waals surface area (Å²) in [5.41, 5.74) is 2.80. The molecule has 0 spiro atoms. The topological polar surface area (TPSA) is 12.0 Å². The molecule has 0 saturated heterocycles. The minimum absolute atomic E-state index is 0.950. The molecule has 0 bridgehead atoms. The van der Waals surface area contributed by atoms with Crippen molar-refractivity contribution in [2.45, 2.75) is 20.0 Å². The molecule has 0 aliphatic rings. The number of aryl methyl sites for hydroxylation is 1. The van der Waals surface area contributed by atoms with Crippen LogP contribution in [0.4, 0.5) is 0 Å². The van der Waals surface area contributed by atoms with Gasteiger partial charge in [-0.25, -0.2) is 0 Å². The number of rotatable bonds is 4. The van der Waals surface area contributed by atoms with E-state index in [4.69, 9.17) is 0 Å². The van der Waals surface area contributed by atoms with Gasteiger partial charge in [0, 0.05) is 27.8 Å². The molecule has 2 aromatic rings. The number of hydrogen-bond acceptors (Lipinski definition) is 3. The summed E-state index contributed by atoms with van der Waals surface area (Å²) in [4.78, 5) is 1.37. The Balaban J connectivity index is 1.83. The second kappa shape index (κ2) is 5.25. The molecule has 2 heterocycles. The molecule has 0 aliphatic heterocycles. The maximum absolute atomic E-state index is 3.46. The largest absolute Gasteiger partial charge is 0.308 e. The van der Waals surface area contributed by atoms with Crippen molar-refractivity contribution >= 4 is 38.6 Å². The van der Waals surface area contributed by atoms with Gasteiger partial charge in [-0.15, -0.1) is 11.3 Å². The van der Waals surface area contributed by atoms with Crippen molar-refractivity contribution in [3.63, 3.8) is 0 Å². The Bertz CT molecular complexity index is 433. The van der Waals surface area contributed by atoms with Gasteiger partial charge in [0.25, 0.3) is 0 Å². The summed E-state index contributed by atoms with van der Waals surface area (Å²) in [6.07, 6.45) is 0. The van der Waals surface area contributed by atoms with Crippen LogP contribution in [0.15, 0.2) is 26.7 Å². The molecular weight excluding hydrogens is 290 g/mol. The first-order valence-corrected chi connectivity index (χ1v) is 7.32. The van der Waals surface area contributed by atoms with Gasteiger partial charge in [0.05, 0.1) is 0 Å². The highest BCUT2D eigenvalue weighted by Crippen LogP contribution is 2.19. The second-order valence-corrected chi connectivity index (χ2v) is 6.07. The maximum Gasteiger partial charge on any atom is 0.0303 e. The van der Waals surface area contributed by atoms with Crippen molar-refractivity contribution in [1.29, 1.82) is 0 Å². The summed E-state index contributed by atoms with van der Waals surface area (Å²) in [7, 11) is 0. The smallest absolute Gasteiger partial charge is 0.0303 e. The van der Waals surface area contributed by atoms with Crippen LogP contribution >= 0.6 is 38.6 Å². The number of halogens is 1. The minimum atomic E-state index is 0.950. The fourth-order valence-electron chi connectivity index (χ4n) is 1.33. The van der Waals surface area contributed by atoms with Crippen LogP contribution in [0.3, 0.4) is 0 Å². The lowest BCUT2D eigenvalue weighted by atomic mass is 10.2. The van der Waals surface area contributed by atoms with Crippen molar-refractivity contribution in [1.82, 2.24) is 5.32 Å². The van der Waals surface area contributed by atoms with Gasteiger partial charge in [0.2, 0.25) is 0 Å². The average molecular weight is 302 g/mol. The van der Waals surface area contributed by atoms with Crippen molar-refractivity contribution in [2.24, 2.45) is 0 Å². The predicted molar refractivity (Wildman–Crippen MR) is 71.6 cm³/mol. The van der Waals surface area contributed by atoms with Crippen LogP contribution in [0.5, 0.6) is 0 Å². The van der Waals surface area contributed by atoms with Crippen LogP contribution in [0.25, 0.3) is 0 Å². The number of thiophene rings is 2. The van der Waals surface area contributed by atoms with Crippen LogP contribution in [0.2, 0.25) is 0 Å². The van der Waals surface area contributed by atoms with E-state index in [0.29, 0.717) is 0 Å². The lowest BCUT2D eigenvalue weighted by Crippen LogP contribution is -2.11. The molecule has 0 saturated carbocycles. The highest BCUT2D eigenvalue weighted by Gasteiger charge is 2.00. The third kappa shape index (κ3) is 3.14. The van der Waals surface area contributed by atoms with Crippen molar-refractivity contribution < 1.29 is 0 Å². The Morgan fingerprint density at radius 2 is 2.13 bits per heavy atom. The van der Waals surface area contributed by atoms with Gasteiger partial charge < -0.3 is 5.32 Å². The monoisotopic (exact) mass is 301 g/mol. The zero-order valence-electron chi connectivity index (χ0n) is 8.42. The Hall–Kier alpha value is -0.160. The summed E-state index contributed by atoms with van der Waals surface area (Å²) >= 11 is 7.01. The van der Waals surface area contributed by atoms with Gasteiger partial charge in [0.1, 0.15) is 0 Å². The quantitative estimate of drug-likeness (QED) is 0.894. The minimum Gasteiger partial charge on any atom is -0.308 e. The first-order valence-electron chi connectivity index (χ1n) is 4.71. The molecule has 1 N–H and O–H groups in total. The Morgan fingerprint density at radius 1 is 1.27 bits per heavy atom.